The quantitative estimate of drug-likeness (QED) is 0.407. The molecule has 138 valence electrons. The molecule has 0 aliphatic carbocycles. The van der Waals surface area contributed by atoms with Crippen molar-refractivity contribution in [1.29, 1.82) is 0 Å². The van der Waals surface area contributed by atoms with Crippen LogP contribution >= 0.6 is 0 Å². The predicted octanol–water partition coefficient (Wildman–Crippen LogP) is 1.83. The third kappa shape index (κ3) is 8.79. The van der Waals surface area contributed by atoms with E-state index in [1.807, 2.05) is 32.0 Å². The molecular weight excluding hydrogens is 316 g/mol. The monoisotopic (exact) mass is 346 g/mol. The third-order valence-corrected chi connectivity index (χ3v) is 3.34. The van der Waals surface area contributed by atoms with Crippen molar-refractivity contribution in [2.24, 2.45) is 4.99 Å². The zero-order valence-electron chi connectivity index (χ0n) is 15.8. The summed E-state index contributed by atoms with van der Waals surface area (Å²) in [6, 6.07) is 8.05. The lowest BCUT2D eigenvalue weighted by molar-refractivity contribution is -0.127. The topological polar surface area (TPSA) is 66.0 Å². The number of aliphatic imine (C=N–C) groups is 1. The summed E-state index contributed by atoms with van der Waals surface area (Å²) >= 11 is 0. The van der Waals surface area contributed by atoms with Crippen LogP contribution in [0.2, 0.25) is 0 Å². The second kappa shape index (κ2) is 11.1. The fourth-order valence-electron chi connectivity index (χ4n) is 1.98. The summed E-state index contributed by atoms with van der Waals surface area (Å²) in [6.45, 7) is 9.86. The van der Waals surface area contributed by atoms with Crippen LogP contribution in [-0.4, -0.2) is 57.1 Å². The molecular formula is C19H30N4O2. The van der Waals surface area contributed by atoms with Crippen LogP contribution in [0, 0.1) is 0 Å². The van der Waals surface area contributed by atoms with Gasteiger partial charge in [-0.05, 0) is 38.0 Å². The number of amides is 1. The summed E-state index contributed by atoms with van der Waals surface area (Å²) in [7, 11) is 3.44. The van der Waals surface area contributed by atoms with Crippen LogP contribution in [0.15, 0.2) is 41.4 Å². The van der Waals surface area contributed by atoms with E-state index >= 15 is 0 Å². The van der Waals surface area contributed by atoms with Gasteiger partial charge in [0.2, 0.25) is 5.91 Å². The number of carbonyl (C=O) groups excluding carboxylic acids is 1. The summed E-state index contributed by atoms with van der Waals surface area (Å²) in [4.78, 5) is 17.6. The van der Waals surface area contributed by atoms with E-state index in [0.717, 1.165) is 17.7 Å². The molecule has 0 unspecified atom stereocenters. The fraction of sp³-hybridized carbons (Fsp3) is 0.474. The van der Waals surface area contributed by atoms with Crippen molar-refractivity contribution in [2.75, 3.05) is 40.3 Å². The van der Waals surface area contributed by atoms with Crippen LogP contribution in [0.5, 0.6) is 5.75 Å². The number of nitrogens with one attached hydrogen (secondary N) is 2. The molecule has 25 heavy (non-hydrogen) atoms. The molecule has 0 saturated carbocycles. The number of hydrogen-bond acceptors (Lipinski definition) is 3. The minimum atomic E-state index is -0.0409. The van der Waals surface area contributed by atoms with Gasteiger partial charge in [0.1, 0.15) is 12.3 Å². The first-order valence-electron chi connectivity index (χ1n) is 8.50. The zero-order chi connectivity index (χ0) is 18.7. The van der Waals surface area contributed by atoms with Crippen molar-refractivity contribution in [2.45, 2.75) is 20.3 Å². The summed E-state index contributed by atoms with van der Waals surface area (Å²) in [5.74, 6) is 1.45. The third-order valence-electron chi connectivity index (χ3n) is 3.34. The van der Waals surface area contributed by atoms with E-state index in [1.165, 1.54) is 10.5 Å². The number of carbonyl (C=O) groups is 1. The first kappa shape index (κ1) is 20.5. The molecule has 6 heteroatoms. The van der Waals surface area contributed by atoms with E-state index in [2.05, 4.69) is 28.3 Å². The molecule has 0 atom stereocenters. The molecule has 0 aliphatic rings. The van der Waals surface area contributed by atoms with Gasteiger partial charge in [-0.1, -0.05) is 24.3 Å². The average Bonchev–Trinajstić information content (AvgIpc) is 2.57. The number of guanidine groups is 1. The molecule has 0 heterocycles. The van der Waals surface area contributed by atoms with Gasteiger partial charge < -0.3 is 20.3 Å². The van der Waals surface area contributed by atoms with E-state index in [-0.39, 0.29) is 12.5 Å². The Labute approximate surface area is 151 Å². The normalized spacial score (nSPS) is 11.0. The Morgan fingerprint density at radius 3 is 2.72 bits per heavy atom. The Balaban J connectivity index is 2.58. The Bertz CT molecular complexity index is 597. The van der Waals surface area contributed by atoms with Gasteiger partial charge in [0.25, 0.3) is 0 Å². The molecule has 0 spiro atoms. The van der Waals surface area contributed by atoms with Crippen LogP contribution in [0.1, 0.15) is 19.4 Å². The molecule has 0 fully saturated rings. The Morgan fingerprint density at radius 2 is 2.08 bits per heavy atom. The van der Waals surface area contributed by atoms with Crippen LogP contribution in [0.4, 0.5) is 0 Å². The fourth-order valence-corrected chi connectivity index (χ4v) is 1.98. The largest absolute Gasteiger partial charge is 0.494 e. The molecule has 0 bridgehead atoms. The molecule has 0 saturated heterocycles. The SMILES string of the molecule is C=C(C)CNC(=NCC(=O)N(C)C)NCCc1cccc(OCC)c1. The van der Waals surface area contributed by atoms with Crippen molar-refractivity contribution in [3.63, 3.8) is 0 Å². The van der Waals surface area contributed by atoms with Crippen LogP contribution in [0.25, 0.3) is 0 Å². The lowest BCUT2D eigenvalue weighted by Gasteiger charge is -2.14. The van der Waals surface area contributed by atoms with Crippen molar-refractivity contribution in [3.8, 4) is 5.75 Å². The maximum atomic E-state index is 11.7. The first-order valence-corrected chi connectivity index (χ1v) is 8.50. The molecule has 1 aromatic carbocycles. The summed E-state index contributed by atoms with van der Waals surface area (Å²) in [5, 5.41) is 6.43. The van der Waals surface area contributed by atoms with E-state index in [4.69, 9.17) is 4.74 Å². The van der Waals surface area contributed by atoms with E-state index in [0.29, 0.717) is 25.7 Å². The Hall–Kier alpha value is -2.50. The van der Waals surface area contributed by atoms with Crippen LogP contribution < -0.4 is 15.4 Å². The van der Waals surface area contributed by atoms with Crippen LogP contribution in [0.3, 0.4) is 0 Å². The van der Waals surface area contributed by atoms with Crippen LogP contribution in [-0.2, 0) is 11.2 Å². The molecule has 0 aliphatic heterocycles. The van der Waals surface area contributed by atoms with Gasteiger partial charge in [0.05, 0.1) is 6.61 Å². The molecule has 1 aromatic rings. The number of ether oxygens (including phenoxy) is 1. The maximum absolute atomic E-state index is 11.7. The molecule has 1 rings (SSSR count). The van der Waals surface area contributed by atoms with Gasteiger partial charge in [0.15, 0.2) is 5.96 Å². The van der Waals surface area contributed by atoms with Crippen molar-refractivity contribution < 1.29 is 9.53 Å². The van der Waals surface area contributed by atoms with Gasteiger partial charge in [-0.2, -0.15) is 0 Å². The highest BCUT2D eigenvalue weighted by Crippen LogP contribution is 2.13. The van der Waals surface area contributed by atoms with E-state index < -0.39 is 0 Å². The number of benzene rings is 1. The van der Waals surface area contributed by atoms with E-state index in [9.17, 15) is 4.79 Å². The standard InChI is InChI=1S/C19H30N4O2/c1-6-25-17-9-7-8-16(12-17)10-11-20-19(21-13-15(2)3)22-14-18(24)23(4)5/h7-9,12H,2,6,10-11,13-14H2,1,3-5H3,(H2,20,21,22). The summed E-state index contributed by atoms with van der Waals surface area (Å²) in [6.07, 6.45) is 0.830. The van der Waals surface area contributed by atoms with Gasteiger partial charge in [-0.3, -0.25) is 4.79 Å². The Kier molecular flexibility index (Phi) is 9.14. The minimum Gasteiger partial charge on any atom is -0.494 e. The summed E-state index contributed by atoms with van der Waals surface area (Å²) < 4.78 is 5.52. The second-order valence-corrected chi connectivity index (χ2v) is 6.02. The number of likely N-dealkylation sites (N-methyl/N-ethyl adjacent to an activating group) is 1. The number of rotatable bonds is 9. The zero-order valence-corrected chi connectivity index (χ0v) is 15.8. The van der Waals surface area contributed by atoms with Gasteiger partial charge in [0, 0.05) is 27.2 Å². The average molecular weight is 346 g/mol. The Morgan fingerprint density at radius 1 is 1.32 bits per heavy atom. The predicted molar refractivity (Wildman–Crippen MR) is 103 cm³/mol. The summed E-state index contributed by atoms with van der Waals surface area (Å²) in [5.41, 5.74) is 2.18. The first-order chi connectivity index (χ1) is 11.9. The lowest BCUT2D eigenvalue weighted by atomic mass is 10.1. The molecule has 2 N–H and O–H groups in total. The molecule has 0 aromatic heterocycles. The highest BCUT2D eigenvalue weighted by Gasteiger charge is 2.05. The smallest absolute Gasteiger partial charge is 0.243 e. The van der Waals surface area contributed by atoms with Crippen molar-refractivity contribution in [3.05, 3.63) is 42.0 Å². The molecule has 1 amide bonds. The van der Waals surface area contributed by atoms with Crippen molar-refractivity contribution in [1.82, 2.24) is 15.5 Å². The number of nitrogens with zero attached hydrogens (tertiary/aromatic N) is 2. The van der Waals surface area contributed by atoms with Gasteiger partial charge in [-0.15, -0.1) is 0 Å². The number of hydrogen-bond donors (Lipinski definition) is 2. The van der Waals surface area contributed by atoms with Crippen molar-refractivity contribution >= 4 is 11.9 Å². The van der Waals surface area contributed by atoms with Gasteiger partial charge >= 0.3 is 0 Å². The highest BCUT2D eigenvalue weighted by molar-refractivity contribution is 5.84. The molecule has 6 nitrogen and oxygen atoms in total. The maximum Gasteiger partial charge on any atom is 0.243 e. The van der Waals surface area contributed by atoms with Gasteiger partial charge in [-0.25, -0.2) is 4.99 Å². The minimum absolute atomic E-state index is 0.0409. The molecule has 0 radical (unpaired) electrons. The second-order valence-electron chi connectivity index (χ2n) is 6.02. The lowest BCUT2D eigenvalue weighted by Crippen LogP contribution is -2.40. The highest BCUT2D eigenvalue weighted by atomic mass is 16.5. The van der Waals surface area contributed by atoms with E-state index in [1.54, 1.807) is 14.1 Å².